The molecule has 0 spiro atoms. The largest absolute Gasteiger partial charge is 0.497 e. The lowest BCUT2D eigenvalue weighted by atomic mass is 10.1. The number of H-pyrrole nitrogens is 1. The van der Waals surface area contributed by atoms with Crippen LogP contribution in [0.5, 0.6) is 5.75 Å². The van der Waals surface area contributed by atoms with Crippen molar-refractivity contribution in [2.24, 2.45) is 0 Å². The van der Waals surface area contributed by atoms with E-state index in [0.29, 0.717) is 18.8 Å². The maximum Gasteiger partial charge on any atom is 0.166 e. The maximum absolute atomic E-state index is 5.43. The van der Waals surface area contributed by atoms with E-state index in [0.717, 1.165) is 45.9 Å². The van der Waals surface area contributed by atoms with Crippen LogP contribution < -0.4 is 4.74 Å². The van der Waals surface area contributed by atoms with Crippen LogP contribution in [0.25, 0.3) is 17.1 Å². The number of methoxy groups -OCH3 is 2. The summed E-state index contributed by atoms with van der Waals surface area (Å²) in [4.78, 5) is 11.9. The van der Waals surface area contributed by atoms with Gasteiger partial charge in [0.15, 0.2) is 11.6 Å². The van der Waals surface area contributed by atoms with Crippen molar-refractivity contribution in [3.63, 3.8) is 0 Å². The molecule has 0 atom stereocenters. The first-order valence-electron chi connectivity index (χ1n) is 9.37. The first-order valence-corrected chi connectivity index (χ1v) is 9.37. The molecule has 0 saturated heterocycles. The summed E-state index contributed by atoms with van der Waals surface area (Å²) in [7, 11) is 3.29. The van der Waals surface area contributed by atoms with Crippen LogP contribution in [0.1, 0.15) is 28.7 Å². The fourth-order valence-electron chi connectivity index (χ4n) is 3.57. The van der Waals surface area contributed by atoms with Gasteiger partial charge in [-0.1, -0.05) is 0 Å². The summed E-state index contributed by atoms with van der Waals surface area (Å²) in [6.07, 6.45) is 3.51. The van der Waals surface area contributed by atoms with E-state index in [2.05, 4.69) is 37.0 Å². The summed E-state index contributed by atoms with van der Waals surface area (Å²) >= 11 is 0. The number of aromatic nitrogens is 7. The SMILES string of the molecule is COCc1nnc2n1Cc1c(C#Cc3cnc(C)[nH]3)ncn1-c1ccc(OC)cc1-2. The predicted octanol–water partition coefficient (Wildman–Crippen LogP) is 2.08. The molecule has 3 aromatic heterocycles. The molecule has 9 nitrogen and oxygen atoms in total. The topological polar surface area (TPSA) is 95.7 Å². The second kappa shape index (κ2) is 7.17. The standard InChI is InChI=1S/C21H19N7O2/c1-13-22-9-14(24-13)4-6-17-19-10-27-20(11-29-2)25-26-21(27)16-8-15(30-3)5-7-18(16)28(19)12-23-17/h5,7-9,12H,10-11H2,1-3H3,(H,22,24). The Morgan fingerprint density at radius 3 is 2.83 bits per heavy atom. The van der Waals surface area contributed by atoms with Gasteiger partial charge >= 0.3 is 0 Å². The number of aromatic amines is 1. The van der Waals surface area contributed by atoms with Crippen molar-refractivity contribution in [1.29, 1.82) is 0 Å². The van der Waals surface area contributed by atoms with Crippen molar-refractivity contribution in [1.82, 2.24) is 34.3 Å². The molecule has 0 saturated carbocycles. The van der Waals surface area contributed by atoms with Crippen LogP contribution in [0, 0.1) is 18.8 Å². The van der Waals surface area contributed by atoms with E-state index < -0.39 is 0 Å². The molecule has 4 heterocycles. The number of fused-ring (bicyclic) bond motifs is 5. The normalized spacial score (nSPS) is 11.7. The van der Waals surface area contributed by atoms with Crippen molar-refractivity contribution in [3.05, 3.63) is 59.5 Å². The predicted molar refractivity (Wildman–Crippen MR) is 108 cm³/mol. The Labute approximate surface area is 172 Å². The van der Waals surface area contributed by atoms with Gasteiger partial charge in [-0.3, -0.25) is 4.57 Å². The van der Waals surface area contributed by atoms with Gasteiger partial charge in [0, 0.05) is 12.7 Å². The minimum Gasteiger partial charge on any atom is -0.497 e. The van der Waals surface area contributed by atoms with E-state index in [4.69, 9.17) is 9.47 Å². The lowest BCUT2D eigenvalue weighted by molar-refractivity contribution is 0.174. The third kappa shape index (κ3) is 2.94. The third-order valence-electron chi connectivity index (χ3n) is 5.00. The molecule has 0 fully saturated rings. The van der Waals surface area contributed by atoms with Gasteiger partial charge in [0.25, 0.3) is 0 Å². The third-order valence-corrected chi connectivity index (χ3v) is 5.00. The Morgan fingerprint density at radius 1 is 1.17 bits per heavy atom. The molecule has 0 unspecified atom stereocenters. The summed E-state index contributed by atoms with van der Waals surface area (Å²) in [5.41, 5.74) is 4.23. The number of aryl methyl sites for hydroxylation is 1. The van der Waals surface area contributed by atoms with Crippen molar-refractivity contribution in [2.75, 3.05) is 14.2 Å². The van der Waals surface area contributed by atoms with Gasteiger partial charge in [0.1, 0.15) is 35.9 Å². The van der Waals surface area contributed by atoms with Crippen LogP contribution in [0.15, 0.2) is 30.7 Å². The Kier molecular flexibility index (Phi) is 4.34. The molecule has 1 aliphatic heterocycles. The number of benzene rings is 1. The quantitative estimate of drug-likeness (QED) is 0.465. The fourth-order valence-corrected chi connectivity index (χ4v) is 3.57. The smallest absolute Gasteiger partial charge is 0.166 e. The van der Waals surface area contributed by atoms with Gasteiger partial charge < -0.3 is 19.0 Å². The highest BCUT2D eigenvalue weighted by molar-refractivity contribution is 5.71. The van der Waals surface area contributed by atoms with Crippen LogP contribution in [0.2, 0.25) is 0 Å². The summed E-state index contributed by atoms with van der Waals surface area (Å²) < 4.78 is 14.8. The van der Waals surface area contributed by atoms with Crippen molar-refractivity contribution >= 4 is 0 Å². The summed E-state index contributed by atoms with van der Waals surface area (Å²) in [6, 6.07) is 5.87. The second-order valence-corrected chi connectivity index (χ2v) is 6.88. The molecule has 1 aromatic carbocycles. The molecular weight excluding hydrogens is 382 g/mol. The maximum atomic E-state index is 5.43. The molecule has 4 aromatic rings. The van der Waals surface area contributed by atoms with Gasteiger partial charge in [-0.2, -0.15) is 0 Å². The Bertz CT molecular complexity index is 1300. The number of ether oxygens (including phenoxy) is 2. The minimum absolute atomic E-state index is 0.356. The van der Waals surface area contributed by atoms with E-state index in [1.54, 1.807) is 26.7 Å². The van der Waals surface area contributed by atoms with Crippen LogP contribution in [0.3, 0.4) is 0 Å². The number of nitrogens with one attached hydrogen (secondary N) is 1. The van der Waals surface area contributed by atoms with Crippen LogP contribution in [-0.4, -0.2) is 48.5 Å². The van der Waals surface area contributed by atoms with Crippen LogP contribution in [0.4, 0.5) is 0 Å². The molecule has 1 N–H and O–H groups in total. The number of hydrogen-bond donors (Lipinski definition) is 1. The highest BCUT2D eigenvalue weighted by Crippen LogP contribution is 2.34. The summed E-state index contributed by atoms with van der Waals surface area (Å²) in [5.74, 6) is 9.34. The molecule has 0 bridgehead atoms. The van der Waals surface area contributed by atoms with Gasteiger partial charge in [-0.15, -0.1) is 10.2 Å². The van der Waals surface area contributed by atoms with Gasteiger partial charge in [0.2, 0.25) is 0 Å². The molecule has 1 aliphatic rings. The first kappa shape index (κ1) is 18.1. The fraction of sp³-hybridized carbons (Fsp3) is 0.238. The molecule has 0 aliphatic carbocycles. The molecule has 30 heavy (non-hydrogen) atoms. The zero-order chi connectivity index (χ0) is 20.7. The van der Waals surface area contributed by atoms with E-state index in [1.807, 2.05) is 34.3 Å². The van der Waals surface area contributed by atoms with Gasteiger partial charge in [-0.25, -0.2) is 9.97 Å². The number of nitrogens with zero attached hydrogens (tertiary/aromatic N) is 6. The molecule has 0 radical (unpaired) electrons. The lowest BCUT2D eigenvalue weighted by Crippen LogP contribution is -2.09. The van der Waals surface area contributed by atoms with Gasteiger partial charge in [0.05, 0.1) is 31.2 Å². The molecule has 0 amide bonds. The molecule has 9 heteroatoms. The Balaban J connectivity index is 1.69. The molecule has 150 valence electrons. The first-order chi connectivity index (χ1) is 14.7. The van der Waals surface area contributed by atoms with Crippen molar-refractivity contribution < 1.29 is 9.47 Å². The number of rotatable bonds is 3. The van der Waals surface area contributed by atoms with E-state index >= 15 is 0 Å². The van der Waals surface area contributed by atoms with Crippen molar-refractivity contribution in [3.8, 4) is 34.7 Å². The summed E-state index contributed by atoms with van der Waals surface area (Å²) in [5, 5.41) is 8.77. The number of hydrogen-bond acceptors (Lipinski definition) is 6. The van der Waals surface area contributed by atoms with Gasteiger partial charge in [-0.05, 0) is 37.0 Å². The van der Waals surface area contributed by atoms with Crippen LogP contribution >= 0.6 is 0 Å². The van der Waals surface area contributed by atoms with E-state index in [9.17, 15) is 0 Å². The zero-order valence-corrected chi connectivity index (χ0v) is 16.8. The Hall–Kier alpha value is -3.90. The lowest BCUT2D eigenvalue weighted by Gasteiger charge is -2.09. The average Bonchev–Trinajstić information content (AvgIpc) is 3.44. The van der Waals surface area contributed by atoms with E-state index in [-0.39, 0.29) is 0 Å². The highest BCUT2D eigenvalue weighted by atomic mass is 16.5. The minimum atomic E-state index is 0.356. The Morgan fingerprint density at radius 2 is 2.07 bits per heavy atom. The molecule has 5 rings (SSSR count). The van der Waals surface area contributed by atoms with Crippen LogP contribution in [-0.2, 0) is 17.9 Å². The zero-order valence-electron chi connectivity index (χ0n) is 16.8. The molecular formula is C21H19N7O2. The summed E-state index contributed by atoms with van der Waals surface area (Å²) in [6.45, 7) is 2.77. The monoisotopic (exact) mass is 401 g/mol. The highest BCUT2D eigenvalue weighted by Gasteiger charge is 2.26. The second-order valence-electron chi connectivity index (χ2n) is 6.88. The van der Waals surface area contributed by atoms with Crippen molar-refractivity contribution in [2.45, 2.75) is 20.1 Å². The van der Waals surface area contributed by atoms with E-state index in [1.165, 1.54) is 0 Å². The average molecular weight is 401 g/mol. The number of imidazole rings is 2.